The van der Waals surface area contributed by atoms with E-state index < -0.39 is 0 Å². The summed E-state index contributed by atoms with van der Waals surface area (Å²) in [7, 11) is 0. The molecule has 4 heteroatoms. The smallest absolute Gasteiger partial charge is 0.229 e. The first-order valence-electron chi connectivity index (χ1n) is 9.31. The Morgan fingerprint density at radius 1 is 1.04 bits per heavy atom. The monoisotopic (exact) mass is 348 g/mol. The maximum Gasteiger partial charge on any atom is 0.229 e. The summed E-state index contributed by atoms with van der Waals surface area (Å²) in [4.78, 5) is 26.8. The lowest BCUT2D eigenvalue weighted by Gasteiger charge is -2.18. The van der Waals surface area contributed by atoms with Crippen LogP contribution < -0.4 is 10.2 Å². The number of amides is 2. The Kier molecular flexibility index (Phi) is 4.27. The number of nitrogens with one attached hydrogen (secondary N) is 1. The van der Waals surface area contributed by atoms with Crippen LogP contribution in [0.5, 0.6) is 0 Å². The molecule has 1 N–H and O–H groups in total. The van der Waals surface area contributed by atoms with Crippen molar-refractivity contribution in [2.45, 2.75) is 39.5 Å². The van der Waals surface area contributed by atoms with Crippen LogP contribution >= 0.6 is 0 Å². The number of hydrogen-bond acceptors (Lipinski definition) is 2. The van der Waals surface area contributed by atoms with Crippen molar-refractivity contribution in [1.29, 1.82) is 0 Å². The summed E-state index contributed by atoms with van der Waals surface area (Å²) in [5, 5.41) is 3.01. The zero-order valence-corrected chi connectivity index (χ0v) is 15.3. The summed E-state index contributed by atoms with van der Waals surface area (Å²) in [6.07, 6.45) is 3.67. The van der Waals surface area contributed by atoms with Gasteiger partial charge in [-0.25, -0.2) is 0 Å². The highest BCUT2D eigenvalue weighted by Gasteiger charge is 2.35. The van der Waals surface area contributed by atoms with Crippen molar-refractivity contribution >= 4 is 23.2 Å². The van der Waals surface area contributed by atoms with E-state index in [1.54, 1.807) is 4.90 Å². The zero-order valence-electron chi connectivity index (χ0n) is 15.3. The van der Waals surface area contributed by atoms with Crippen molar-refractivity contribution in [2.24, 2.45) is 5.92 Å². The summed E-state index contributed by atoms with van der Waals surface area (Å²) in [6.45, 7) is 4.54. The van der Waals surface area contributed by atoms with Crippen LogP contribution in [0.1, 0.15) is 35.1 Å². The quantitative estimate of drug-likeness (QED) is 0.917. The van der Waals surface area contributed by atoms with Crippen molar-refractivity contribution < 1.29 is 9.59 Å². The van der Waals surface area contributed by atoms with Crippen LogP contribution in [0.3, 0.4) is 0 Å². The van der Waals surface area contributed by atoms with E-state index in [0.29, 0.717) is 6.54 Å². The number of nitrogens with zero attached hydrogens (tertiary/aromatic N) is 1. The molecule has 0 bridgehead atoms. The maximum atomic E-state index is 12.7. The number of carbonyl (C=O) groups excluding carboxylic acids is 2. The van der Waals surface area contributed by atoms with Crippen LogP contribution in [0.2, 0.25) is 0 Å². The molecule has 0 unspecified atom stereocenters. The lowest BCUT2D eigenvalue weighted by atomic mass is 10.1. The van der Waals surface area contributed by atoms with Gasteiger partial charge in [-0.15, -0.1) is 0 Å². The topological polar surface area (TPSA) is 49.4 Å². The third-order valence-corrected chi connectivity index (χ3v) is 5.66. The molecular weight excluding hydrogens is 324 g/mol. The molecule has 1 saturated heterocycles. The van der Waals surface area contributed by atoms with Gasteiger partial charge in [-0.05, 0) is 79.6 Å². The van der Waals surface area contributed by atoms with Crippen molar-refractivity contribution in [2.75, 3.05) is 16.8 Å². The number of hydrogen-bond donors (Lipinski definition) is 1. The molecule has 4 rings (SSSR count). The van der Waals surface area contributed by atoms with E-state index in [1.165, 1.54) is 23.1 Å². The molecule has 134 valence electrons. The van der Waals surface area contributed by atoms with E-state index in [9.17, 15) is 9.59 Å². The summed E-state index contributed by atoms with van der Waals surface area (Å²) < 4.78 is 0. The van der Waals surface area contributed by atoms with Crippen LogP contribution in [-0.2, 0) is 22.4 Å². The van der Waals surface area contributed by atoms with E-state index in [2.05, 4.69) is 24.4 Å². The van der Waals surface area contributed by atoms with Crippen LogP contribution in [-0.4, -0.2) is 18.4 Å². The van der Waals surface area contributed by atoms with Gasteiger partial charge in [-0.2, -0.15) is 0 Å². The fourth-order valence-electron chi connectivity index (χ4n) is 3.92. The molecule has 2 aromatic carbocycles. The van der Waals surface area contributed by atoms with Gasteiger partial charge in [0.05, 0.1) is 5.92 Å². The van der Waals surface area contributed by atoms with E-state index >= 15 is 0 Å². The van der Waals surface area contributed by atoms with Gasteiger partial charge in [-0.1, -0.05) is 12.1 Å². The third kappa shape index (κ3) is 3.12. The lowest BCUT2D eigenvalue weighted by Crippen LogP contribution is -2.28. The summed E-state index contributed by atoms with van der Waals surface area (Å²) in [6, 6.07) is 12.2. The highest BCUT2D eigenvalue weighted by atomic mass is 16.2. The first-order valence-corrected chi connectivity index (χ1v) is 9.31. The van der Waals surface area contributed by atoms with Crippen LogP contribution in [0.15, 0.2) is 36.4 Å². The van der Waals surface area contributed by atoms with Crippen molar-refractivity contribution in [3.05, 3.63) is 58.7 Å². The number of aryl methyl sites for hydroxylation is 4. The second-order valence-corrected chi connectivity index (χ2v) is 7.50. The molecule has 1 atom stereocenters. The predicted molar refractivity (Wildman–Crippen MR) is 103 cm³/mol. The Morgan fingerprint density at radius 2 is 1.85 bits per heavy atom. The van der Waals surface area contributed by atoms with Crippen LogP contribution in [0.4, 0.5) is 11.4 Å². The van der Waals surface area contributed by atoms with Gasteiger partial charge in [0, 0.05) is 24.3 Å². The summed E-state index contributed by atoms with van der Waals surface area (Å²) >= 11 is 0. The second kappa shape index (κ2) is 6.60. The second-order valence-electron chi connectivity index (χ2n) is 7.50. The maximum absolute atomic E-state index is 12.7. The van der Waals surface area contributed by atoms with Gasteiger partial charge in [0.15, 0.2) is 0 Å². The minimum absolute atomic E-state index is 0.0161. The van der Waals surface area contributed by atoms with Gasteiger partial charge >= 0.3 is 0 Å². The zero-order chi connectivity index (χ0) is 18.3. The van der Waals surface area contributed by atoms with Crippen LogP contribution in [0.25, 0.3) is 0 Å². The molecule has 1 fully saturated rings. The molecule has 2 amide bonds. The van der Waals surface area contributed by atoms with E-state index in [1.807, 2.05) is 31.2 Å². The summed E-state index contributed by atoms with van der Waals surface area (Å²) in [5.41, 5.74) is 6.80. The van der Waals surface area contributed by atoms with E-state index in [0.717, 1.165) is 29.8 Å². The molecule has 0 aromatic heterocycles. The molecule has 0 spiro atoms. The van der Waals surface area contributed by atoms with E-state index in [-0.39, 0.29) is 24.2 Å². The fourth-order valence-corrected chi connectivity index (χ4v) is 3.92. The van der Waals surface area contributed by atoms with E-state index in [4.69, 9.17) is 0 Å². The predicted octanol–water partition coefficient (Wildman–Crippen LogP) is 3.78. The average Bonchev–Trinajstić information content (AvgIpc) is 3.23. The molecule has 2 aliphatic rings. The molecule has 1 heterocycles. The van der Waals surface area contributed by atoms with Crippen molar-refractivity contribution in [1.82, 2.24) is 0 Å². The number of carbonyl (C=O) groups is 2. The highest BCUT2D eigenvalue weighted by molar-refractivity contribution is 6.03. The Hall–Kier alpha value is -2.62. The van der Waals surface area contributed by atoms with Gasteiger partial charge < -0.3 is 10.2 Å². The molecule has 26 heavy (non-hydrogen) atoms. The number of fused-ring (bicyclic) bond motifs is 1. The standard InChI is InChI=1S/C22H24N2O2/c1-14-6-9-20(10-15(14)2)24-13-18(12-21(24)25)22(26)23-19-8-7-16-4-3-5-17(16)11-19/h6-11,18H,3-5,12-13H2,1-2H3,(H,23,26)/t18-/m0/s1. The minimum atomic E-state index is -0.308. The van der Waals surface area contributed by atoms with Gasteiger partial charge in [0.25, 0.3) is 0 Å². The molecule has 0 radical (unpaired) electrons. The minimum Gasteiger partial charge on any atom is -0.326 e. The Morgan fingerprint density at radius 3 is 2.65 bits per heavy atom. The molecule has 2 aromatic rings. The highest BCUT2D eigenvalue weighted by Crippen LogP contribution is 2.29. The lowest BCUT2D eigenvalue weighted by molar-refractivity contribution is -0.122. The van der Waals surface area contributed by atoms with Gasteiger partial charge in [0.1, 0.15) is 0 Å². The first kappa shape index (κ1) is 16.8. The number of benzene rings is 2. The van der Waals surface area contributed by atoms with Gasteiger partial charge in [-0.3, -0.25) is 9.59 Å². The Labute approximate surface area is 154 Å². The number of anilines is 2. The Bertz CT molecular complexity index is 888. The molecule has 0 saturated carbocycles. The first-order chi connectivity index (χ1) is 12.5. The SMILES string of the molecule is Cc1ccc(N2C[C@@H](C(=O)Nc3ccc4c(c3)CCC4)CC2=O)cc1C. The normalized spacial score (nSPS) is 18.9. The molecule has 1 aliphatic heterocycles. The third-order valence-electron chi connectivity index (χ3n) is 5.66. The molecular formula is C22H24N2O2. The largest absolute Gasteiger partial charge is 0.326 e. The average molecular weight is 348 g/mol. The molecule has 1 aliphatic carbocycles. The van der Waals surface area contributed by atoms with Gasteiger partial charge in [0.2, 0.25) is 11.8 Å². The summed E-state index contributed by atoms with van der Waals surface area (Å²) in [5.74, 6) is -0.359. The Balaban J connectivity index is 1.46. The van der Waals surface area contributed by atoms with Crippen LogP contribution in [0, 0.1) is 19.8 Å². The number of rotatable bonds is 3. The molecule has 4 nitrogen and oxygen atoms in total. The van der Waals surface area contributed by atoms with Crippen molar-refractivity contribution in [3.8, 4) is 0 Å². The van der Waals surface area contributed by atoms with Crippen molar-refractivity contribution in [3.63, 3.8) is 0 Å². The fraction of sp³-hybridized carbons (Fsp3) is 0.364.